The molecule has 0 radical (unpaired) electrons. The SMILES string of the molecule is C=CC(C)=CCC1C(=C)CCC2C(C)(CO)C(OC(C)=O)CCC12C. The van der Waals surface area contributed by atoms with Crippen LogP contribution in [0.15, 0.2) is 36.5 Å². The van der Waals surface area contributed by atoms with Gasteiger partial charge in [-0.2, -0.15) is 0 Å². The van der Waals surface area contributed by atoms with Crippen molar-refractivity contribution in [2.45, 2.75) is 65.9 Å². The Morgan fingerprint density at radius 3 is 2.60 bits per heavy atom. The number of rotatable bonds is 5. The monoisotopic (exact) mass is 346 g/mol. The van der Waals surface area contributed by atoms with Crippen LogP contribution < -0.4 is 0 Å². The number of carbonyl (C=O) groups excluding carboxylic acids is 1. The number of allylic oxidation sites excluding steroid dienone is 4. The Morgan fingerprint density at radius 2 is 2.04 bits per heavy atom. The molecule has 2 fully saturated rings. The van der Waals surface area contributed by atoms with Crippen molar-refractivity contribution >= 4 is 5.97 Å². The van der Waals surface area contributed by atoms with Crippen molar-refractivity contribution in [3.8, 4) is 0 Å². The third kappa shape index (κ3) is 3.62. The van der Waals surface area contributed by atoms with E-state index in [1.54, 1.807) is 0 Å². The highest BCUT2D eigenvalue weighted by molar-refractivity contribution is 5.66. The lowest BCUT2D eigenvalue weighted by Crippen LogP contribution is -2.58. The van der Waals surface area contributed by atoms with Crippen molar-refractivity contribution in [1.29, 1.82) is 0 Å². The zero-order valence-electron chi connectivity index (χ0n) is 16.3. The maximum Gasteiger partial charge on any atom is 0.302 e. The second-order valence-corrected chi connectivity index (χ2v) is 8.50. The summed E-state index contributed by atoms with van der Waals surface area (Å²) in [5.74, 6) is 0.455. The lowest BCUT2D eigenvalue weighted by Gasteiger charge is -2.60. The number of carbonyl (C=O) groups is 1. The molecule has 0 aromatic heterocycles. The van der Waals surface area contributed by atoms with Crippen LogP contribution in [0.1, 0.15) is 59.8 Å². The highest BCUT2D eigenvalue weighted by atomic mass is 16.5. The predicted octanol–water partition coefficient (Wildman–Crippen LogP) is 4.82. The molecule has 2 saturated carbocycles. The number of esters is 1. The number of hydrogen-bond donors (Lipinski definition) is 1. The van der Waals surface area contributed by atoms with Gasteiger partial charge in [0.25, 0.3) is 0 Å². The third-order valence-corrected chi connectivity index (χ3v) is 6.96. The van der Waals surface area contributed by atoms with Gasteiger partial charge in [0.2, 0.25) is 0 Å². The molecule has 25 heavy (non-hydrogen) atoms. The Bertz CT molecular complexity index is 576. The van der Waals surface area contributed by atoms with E-state index in [4.69, 9.17) is 4.74 Å². The minimum absolute atomic E-state index is 0.0475. The van der Waals surface area contributed by atoms with Crippen LogP contribution in [0.5, 0.6) is 0 Å². The second-order valence-electron chi connectivity index (χ2n) is 8.50. The first-order valence-electron chi connectivity index (χ1n) is 9.44. The first-order chi connectivity index (χ1) is 11.7. The maximum absolute atomic E-state index is 11.5. The molecule has 0 heterocycles. The van der Waals surface area contributed by atoms with Crippen LogP contribution in [0, 0.1) is 22.7 Å². The zero-order chi connectivity index (χ0) is 18.8. The molecule has 0 amide bonds. The van der Waals surface area contributed by atoms with Gasteiger partial charge in [0, 0.05) is 12.3 Å². The summed E-state index contributed by atoms with van der Waals surface area (Å²) < 4.78 is 5.62. The van der Waals surface area contributed by atoms with E-state index in [9.17, 15) is 9.90 Å². The zero-order valence-corrected chi connectivity index (χ0v) is 16.3. The molecular weight excluding hydrogens is 312 g/mol. The smallest absolute Gasteiger partial charge is 0.302 e. The van der Waals surface area contributed by atoms with Gasteiger partial charge in [-0.1, -0.05) is 50.3 Å². The molecule has 3 nitrogen and oxygen atoms in total. The van der Waals surface area contributed by atoms with Crippen LogP contribution in [0.25, 0.3) is 0 Å². The lowest BCUT2D eigenvalue weighted by atomic mass is 9.46. The number of ether oxygens (including phenoxy) is 1. The summed E-state index contributed by atoms with van der Waals surface area (Å²) in [7, 11) is 0. The van der Waals surface area contributed by atoms with Gasteiger partial charge in [-0.3, -0.25) is 4.79 Å². The molecule has 2 aliphatic carbocycles. The molecule has 5 atom stereocenters. The first kappa shape index (κ1) is 20.0. The molecule has 0 saturated heterocycles. The van der Waals surface area contributed by atoms with Crippen molar-refractivity contribution < 1.29 is 14.6 Å². The van der Waals surface area contributed by atoms with Crippen LogP contribution in [0.2, 0.25) is 0 Å². The van der Waals surface area contributed by atoms with E-state index in [0.717, 1.165) is 32.1 Å². The van der Waals surface area contributed by atoms with Crippen LogP contribution in [-0.4, -0.2) is 23.8 Å². The van der Waals surface area contributed by atoms with Gasteiger partial charge < -0.3 is 9.84 Å². The summed E-state index contributed by atoms with van der Waals surface area (Å²) in [4.78, 5) is 11.5. The van der Waals surface area contributed by atoms with Crippen molar-refractivity contribution in [1.82, 2.24) is 0 Å². The molecule has 0 aromatic carbocycles. The van der Waals surface area contributed by atoms with Gasteiger partial charge in [0.15, 0.2) is 0 Å². The third-order valence-electron chi connectivity index (χ3n) is 6.96. The van der Waals surface area contributed by atoms with E-state index in [1.165, 1.54) is 18.1 Å². The normalized spacial score (nSPS) is 38.8. The van der Waals surface area contributed by atoms with Crippen LogP contribution in [0.4, 0.5) is 0 Å². The van der Waals surface area contributed by atoms with Gasteiger partial charge in [0.05, 0.1) is 6.61 Å². The fourth-order valence-corrected chi connectivity index (χ4v) is 5.40. The number of aliphatic hydroxyl groups excluding tert-OH is 1. The van der Waals surface area contributed by atoms with Crippen molar-refractivity contribution in [3.63, 3.8) is 0 Å². The van der Waals surface area contributed by atoms with Crippen LogP contribution in [-0.2, 0) is 9.53 Å². The number of hydrogen-bond acceptors (Lipinski definition) is 3. The minimum Gasteiger partial charge on any atom is -0.462 e. The highest BCUT2D eigenvalue weighted by Crippen LogP contribution is 2.62. The molecule has 1 N–H and O–H groups in total. The molecule has 0 aromatic rings. The predicted molar refractivity (Wildman–Crippen MR) is 102 cm³/mol. The Morgan fingerprint density at radius 1 is 1.36 bits per heavy atom. The van der Waals surface area contributed by atoms with Gasteiger partial charge >= 0.3 is 5.97 Å². The van der Waals surface area contributed by atoms with Crippen LogP contribution >= 0.6 is 0 Å². The van der Waals surface area contributed by atoms with E-state index in [2.05, 4.69) is 40.0 Å². The Hall–Kier alpha value is -1.35. The fraction of sp³-hybridized carbons (Fsp3) is 0.682. The Labute approximate surface area is 152 Å². The standard InChI is InChI=1S/C22H34O3/c1-7-15(2)8-10-18-16(3)9-11-19-21(18,5)13-12-20(25-17(4)24)22(19,6)14-23/h7-8,18-20,23H,1,3,9-14H2,2,4-6H3. The average Bonchev–Trinajstić information content (AvgIpc) is 2.56. The molecule has 0 aliphatic heterocycles. The first-order valence-corrected chi connectivity index (χ1v) is 9.44. The van der Waals surface area contributed by atoms with E-state index >= 15 is 0 Å². The molecule has 3 heteroatoms. The molecule has 140 valence electrons. The Balaban J connectivity index is 2.36. The van der Waals surface area contributed by atoms with E-state index in [1.807, 2.05) is 6.08 Å². The topological polar surface area (TPSA) is 46.5 Å². The summed E-state index contributed by atoms with van der Waals surface area (Å²) in [5.41, 5.74) is 2.19. The van der Waals surface area contributed by atoms with Gasteiger partial charge in [-0.05, 0) is 56.3 Å². The molecule has 2 rings (SSSR count). The van der Waals surface area contributed by atoms with Crippen molar-refractivity contribution in [3.05, 3.63) is 36.5 Å². The molecular formula is C22H34O3. The fourth-order valence-electron chi connectivity index (χ4n) is 5.40. The Kier molecular flexibility index (Phi) is 5.98. The van der Waals surface area contributed by atoms with Gasteiger partial charge in [-0.25, -0.2) is 0 Å². The quantitative estimate of drug-likeness (QED) is 0.441. The van der Waals surface area contributed by atoms with E-state index in [0.29, 0.717) is 11.8 Å². The second kappa shape index (κ2) is 7.49. The summed E-state index contributed by atoms with van der Waals surface area (Å²) in [6.07, 6.45) is 8.69. The van der Waals surface area contributed by atoms with Crippen molar-refractivity contribution in [2.75, 3.05) is 6.61 Å². The van der Waals surface area contributed by atoms with E-state index in [-0.39, 0.29) is 24.1 Å². The maximum atomic E-state index is 11.5. The summed E-state index contributed by atoms with van der Waals surface area (Å²) >= 11 is 0. The largest absolute Gasteiger partial charge is 0.462 e. The molecule has 0 bridgehead atoms. The minimum atomic E-state index is -0.394. The van der Waals surface area contributed by atoms with Gasteiger partial charge in [-0.15, -0.1) is 0 Å². The van der Waals surface area contributed by atoms with Gasteiger partial charge in [0.1, 0.15) is 6.10 Å². The van der Waals surface area contributed by atoms with E-state index < -0.39 is 5.41 Å². The number of aliphatic hydroxyl groups is 1. The molecule has 0 spiro atoms. The summed E-state index contributed by atoms with van der Waals surface area (Å²) in [6, 6.07) is 0. The summed E-state index contributed by atoms with van der Waals surface area (Å²) in [6.45, 7) is 16.2. The lowest BCUT2D eigenvalue weighted by molar-refractivity contribution is -0.185. The number of fused-ring (bicyclic) bond motifs is 1. The van der Waals surface area contributed by atoms with Crippen molar-refractivity contribution in [2.24, 2.45) is 22.7 Å². The molecule has 5 unspecified atom stereocenters. The average molecular weight is 347 g/mol. The summed E-state index contributed by atoms with van der Waals surface area (Å²) in [5, 5.41) is 10.3. The highest BCUT2D eigenvalue weighted by Gasteiger charge is 2.58. The molecule has 2 aliphatic rings. The van der Waals surface area contributed by atoms with Crippen LogP contribution in [0.3, 0.4) is 0 Å².